The van der Waals surface area contributed by atoms with Gasteiger partial charge in [0.05, 0.1) is 17.2 Å². The van der Waals surface area contributed by atoms with Crippen LogP contribution >= 0.6 is 0 Å². The maximum atomic E-state index is 13.6. The lowest BCUT2D eigenvalue weighted by atomic mass is 9.90. The van der Waals surface area contributed by atoms with Gasteiger partial charge in [0.15, 0.2) is 12.1 Å². The third kappa shape index (κ3) is 5.00. The van der Waals surface area contributed by atoms with Gasteiger partial charge < -0.3 is 14.2 Å². The highest BCUT2D eigenvalue weighted by molar-refractivity contribution is 6.21. The molecule has 3 aliphatic heterocycles. The van der Waals surface area contributed by atoms with Gasteiger partial charge in [-0.15, -0.1) is 0 Å². The lowest BCUT2D eigenvalue weighted by molar-refractivity contribution is -0.210. The topological polar surface area (TPSA) is 65.1 Å². The number of benzene rings is 3. The van der Waals surface area contributed by atoms with E-state index >= 15 is 0 Å². The van der Waals surface area contributed by atoms with Gasteiger partial charge in [0.2, 0.25) is 0 Å². The number of carbonyl (C=O) groups is 2. The average molecular weight is 534 g/mol. The number of rotatable bonds is 7. The molecular formula is C31H29F2NO5. The lowest BCUT2D eigenvalue weighted by Crippen LogP contribution is -2.36. The van der Waals surface area contributed by atoms with Crippen molar-refractivity contribution in [2.24, 2.45) is 5.92 Å². The molecule has 3 heterocycles. The predicted molar refractivity (Wildman–Crippen MR) is 139 cm³/mol. The number of amides is 2. The molecule has 0 spiro atoms. The highest BCUT2D eigenvalue weighted by atomic mass is 19.1. The van der Waals surface area contributed by atoms with E-state index in [0.29, 0.717) is 36.0 Å². The molecule has 0 N–H and O–H groups in total. The molecule has 202 valence electrons. The lowest BCUT2D eigenvalue weighted by Gasteiger charge is -2.27. The van der Waals surface area contributed by atoms with Crippen molar-refractivity contribution >= 4 is 11.8 Å². The molecule has 6 rings (SSSR count). The first kappa shape index (κ1) is 25.8. The monoisotopic (exact) mass is 533 g/mol. The summed E-state index contributed by atoms with van der Waals surface area (Å²) in [7, 11) is 0. The van der Waals surface area contributed by atoms with Gasteiger partial charge in [-0.05, 0) is 74.1 Å². The summed E-state index contributed by atoms with van der Waals surface area (Å²) in [6.07, 6.45) is 0.910. The van der Waals surface area contributed by atoms with Crippen molar-refractivity contribution in [3.05, 3.63) is 95.1 Å². The minimum absolute atomic E-state index is 0.0735. The fraction of sp³-hybridized carbons (Fsp3) is 0.355. The number of fused-ring (bicyclic) bond motifs is 2. The van der Waals surface area contributed by atoms with Crippen LogP contribution in [0.2, 0.25) is 0 Å². The molecular weight excluding hydrogens is 504 g/mol. The Balaban J connectivity index is 1.14. The molecule has 0 bridgehead atoms. The molecule has 0 saturated carbocycles. The number of hydrogen-bond acceptors (Lipinski definition) is 5. The van der Waals surface area contributed by atoms with Crippen LogP contribution in [0.25, 0.3) is 11.1 Å². The Bertz CT molecular complexity index is 1370. The van der Waals surface area contributed by atoms with Crippen LogP contribution in [0.15, 0.2) is 66.7 Å². The maximum Gasteiger partial charge on any atom is 0.261 e. The second-order valence-electron chi connectivity index (χ2n) is 10.8. The molecule has 8 heteroatoms. The predicted octanol–water partition coefficient (Wildman–Crippen LogP) is 5.74. The van der Waals surface area contributed by atoms with Gasteiger partial charge in [-0.25, -0.2) is 8.78 Å². The molecule has 6 nitrogen and oxygen atoms in total. The van der Waals surface area contributed by atoms with Gasteiger partial charge in [0.25, 0.3) is 11.8 Å². The fourth-order valence-electron chi connectivity index (χ4n) is 5.88. The van der Waals surface area contributed by atoms with Gasteiger partial charge in [-0.3, -0.25) is 14.5 Å². The van der Waals surface area contributed by atoms with Crippen LogP contribution in [-0.4, -0.2) is 47.5 Å². The Morgan fingerprint density at radius 3 is 2.10 bits per heavy atom. The van der Waals surface area contributed by atoms with Crippen molar-refractivity contribution in [2.75, 3.05) is 6.54 Å². The summed E-state index contributed by atoms with van der Waals surface area (Å²) < 4.78 is 45.7. The van der Waals surface area contributed by atoms with Crippen LogP contribution in [0.1, 0.15) is 53.0 Å². The Morgan fingerprint density at radius 1 is 0.821 bits per heavy atom. The molecule has 3 aromatic carbocycles. The van der Waals surface area contributed by atoms with E-state index in [-0.39, 0.29) is 36.5 Å². The first-order valence-corrected chi connectivity index (χ1v) is 13.2. The van der Waals surface area contributed by atoms with E-state index in [9.17, 15) is 18.4 Å². The highest BCUT2D eigenvalue weighted by Crippen LogP contribution is 2.43. The van der Waals surface area contributed by atoms with Crippen LogP contribution in [0.3, 0.4) is 0 Å². The number of carbonyl (C=O) groups excluding carboxylic acids is 2. The van der Waals surface area contributed by atoms with Gasteiger partial charge in [-0.2, -0.15) is 0 Å². The number of aryl methyl sites for hydroxylation is 1. The number of hydrogen-bond donors (Lipinski definition) is 0. The standard InChI is InChI=1S/C31H29F2NO5/c1-31(2)38-27-25(13-14-34-28(35)23-5-3-4-6-24(23)29(34)36)26(37-30(27)39-31)12-9-18-7-10-19(11-8-18)20-15-21(32)17-22(33)16-20/h3-8,10-11,15-17,25-27,30H,9,12-14H2,1-2H3/t25-,26+,27-,30-/m0/s1. The molecule has 3 aliphatic rings. The van der Waals surface area contributed by atoms with E-state index in [1.54, 1.807) is 24.3 Å². The van der Waals surface area contributed by atoms with Crippen molar-refractivity contribution in [3.63, 3.8) is 0 Å². The number of nitrogens with zero attached hydrogens (tertiary/aromatic N) is 1. The van der Waals surface area contributed by atoms with Crippen LogP contribution in [0, 0.1) is 17.6 Å². The number of imide groups is 1. The summed E-state index contributed by atoms with van der Waals surface area (Å²) >= 11 is 0. The molecule has 0 aliphatic carbocycles. The van der Waals surface area contributed by atoms with Gasteiger partial charge in [0.1, 0.15) is 17.7 Å². The van der Waals surface area contributed by atoms with E-state index in [1.165, 1.54) is 17.0 Å². The Kier molecular flexibility index (Phi) is 6.57. The smallest absolute Gasteiger partial charge is 0.261 e. The first-order chi connectivity index (χ1) is 18.7. The maximum absolute atomic E-state index is 13.6. The molecule has 2 saturated heterocycles. The van der Waals surface area contributed by atoms with Gasteiger partial charge in [0, 0.05) is 18.5 Å². The third-order valence-electron chi connectivity index (χ3n) is 7.73. The highest BCUT2D eigenvalue weighted by Gasteiger charge is 2.54. The second kappa shape index (κ2) is 9.93. The first-order valence-electron chi connectivity index (χ1n) is 13.2. The van der Waals surface area contributed by atoms with Gasteiger partial charge >= 0.3 is 0 Å². The molecule has 2 fully saturated rings. The SMILES string of the molecule is CC1(C)O[C@@H]2O[C@H](CCc3ccc(-c4cc(F)cc(F)c4)cc3)[C@H](CCN3C(=O)c4ccccc4C3=O)[C@@H]2O1. The summed E-state index contributed by atoms with van der Waals surface area (Å²) in [5, 5.41) is 0. The molecule has 39 heavy (non-hydrogen) atoms. The summed E-state index contributed by atoms with van der Waals surface area (Å²) in [5.74, 6) is -2.62. The second-order valence-corrected chi connectivity index (χ2v) is 10.8. The normalized spacial score (nSPS) is 25.3. The van der Waals surface area contributed by atoms with E-state index in [1.807, 2.05) is 38.1 Å². The van der Waals surface area contributed by atoms with Crippen molar-refractivity contribution in [2.45, 2.75) is 57.4 Å². The molecule has 0 radical (unpaired) electrons. The van der Waals surface area contributed by atoms with E-state index in [2.05, 4.69) is 0 Å². The van der Waals surface area contributed by atoms with Crippen LogP contribution in [0.4, 0.5) is 8.78 Å². The molecule has 0 aromatic heterocycles. The fourth-order valence-corrected chi connectivity index (χ4v) is 5.88. The Labute approximate surface area is 225 Å². The van der Waals surface area contributed by atoms with Crippen LogP contribution in [-0.2, 0) is 20.6 Å². The van der Waals surface area contributed by atoms with E-state index in [0.717, 1.165) is 17.2 Å². The molecule has 0 unspecified atom stereocenters. The summed E-state index contributed by atoms with van der Waals surface area (Å²) in [4.78, 5) is 27.1. The quantitative estimate of drug-likeness (QED) is 0.362. The Hall–Kier alpha value is -3.46. The van der Waals surface area contributed by atoms with E-state index in [4.69, 9.17) is 14.2 Å². The largest absolute Gasteiger partial charge is 0.346 e. The summed E-state index contributed by atoms with van der Waals surface area (Å²) in [6.45, 7) is 3.96. The minimum Gasteiger partial charge on any atom is -0.346 e. The summed E-state index contributed by atoms with van der Waals surface area (Å²) in [6, 6.07) is 17.9. The zero-order chi connectivity index (χ0) is 27.3. The Morgan fingerprint density at radius 2 is 1.46 bits per heavy atom. The van der Waals surface area contributed by atoms with Crippen molar-refractivity contribution in [3.8, 4) is 11.1 Å². The summed E-state index contributed by atoms with van der Waals surface area (Å²) in [5.41, 5.74) is 3.14. The van der Waals surface area contributed by atoms with Crippen molar-refractivity contribution < 1.29 is 32.6 Å². The molecule has 3 aromatic rings. The third-order valence-corrected chi connectivity index (χ3v) is 7.73. The van der Waals surface area contributed by atoms with Crippen LogP contribution < -0.4 is 0 Å². The molecule has 2 amide bonds. The van der Waals surface area contributed by atoms with Crippen LogP contribution in [0.5, 0.6) is 0 Å². The zero-order valence-corrected chi connectivity index (χ0v) is 21.7. The number of halogens is 2. The van der Waals surface area contributed by atoms with Crippen molar-refractivity contribution in [1.29, 1.82) is 0 Å². The average Bonchev–Trinajstić information content (AvgIpc) is 3.46. The molecule has 4 atom stereocenters. The van der Waals surface area contributed by atoms with Crippen molar-refractivity contribution in [1.82, 2.24) is 4.90 Å². The number of ether oxygens (including phenoxy) is 3. The zero-order valence-electron chi connectivity index (χ0n) is 21.7. The minimum atomic E-state index is -0.777. The van der Waals surface area contributed by atoms with E-state index < -0.39 is 23.7 Å². The van der Waals surface area contributed by atoms with Gasteiger partial charge in [-0.1, -0.05) is 36.4 Å².